The van der Waals surface area contributed by atoms with Gasteiger partial charge in [0.15, 0.2) is 0 Å². The minimum atomic E-state index is -4.27. The second-order valence-electron chi connectivity index (χ2n) is 4.00. The standard InChI is InChI=1S/C10H14F3N3S.ClH/c11-10(12,13)8-6-15-9(17-8)7-16-4-1-2-14-3-5-16;/h6,14H,1-5,7H2;1H. The van der Waals surface area contributed by atoms with Gasteiger partial charge in [-0.2, -0.15) is 13.2 Å². The van der Waals surface area contributed by atoms with Crippen molar-refractivity contribution >= 4 is 23.7 Å². The molecule has 0 spiro atoms. The van der Waals surface area contributed by atoms with E-state index in [1.54, 1.807) is 0 Å². The first-order valence-corrected chi connectivity index (χ1v) is 6.32. The van der Waals surface area contributed by atoms with Crippen LogP contribution in [0.25, 0.3) is 0 Å². The lowest BCUT2D eigenvalue weighted by Crippen LogP contribution is -2.27. The van der Waals surface area contributed by atoms with Crippen LogP contribution in [0.5, 0.6) is 0 Å². The van der Waals surface area contributed by atoms with Crippen LogP contribution >= 0.6 is 23.7 Å². The monoisotopic (exact) mass is 301 g/mol. The third-order valence-electron chi connectivity index (χ3n) is 2.62. The molecule has 1 aliphatic heterocycles. The van der Waals surface area contributed by atoms with E-state index in [9.17, 15) is 13.2 Å². The van der Waals surface area contributed by atoms with Crippen LogP contribution in [0.1, 0.15) is 16.3 Å². The van der Waals surface area contributed by atoms with Crippen LogP contribution in [0.2, 0.25) is 0 Å². The fourth-order valence-electron chi connectivity index (χ4n) is 1.77. The van der Waals surface area contributed by atoms with Crippen molar-refractivity contribution in [2.45, 2.75) is 19.1 Å². The van der Waals surface area contributed by atoms with E-state index in [1.165, 1.54) is 0 Å². The van der Waals surface area contributed by atoms with Crippen molar-refractivity contribution in [3.8, 4) is 0 Å². The Balaban J connectivity index is 0.00000162. The molecule has 1 aromatic heterocycles. The number of alkyl halides is 3. The van der Waals surface area contributed by atoms with Gasteiger partial charge >= 0.3 is 6.18 Å². The molecule has 1 N–H and O–H groups in total. The molecule has 0 aliphatic carbocycles. The van der Waals surface area contributed by atoms with Crippen LogP contribution < -0.4 is 5.32 Å². The van der Waals surface area contributed by atoms with Crippen LogP contribution in [-0.4, -0.2) is 36.1 Å². The lowest BCUT2D eigenvalue weighted by molar-refractivity contribution is -0.134. The van der Waals surface area contributed by atoms with Crippen LogP contribution in [0, 0.1) is 0 Å². The first-order chi connectivity index (χ1) is 8.05. The molecule has 1 saturated heterocycles. The first-order valence-electron chi connectivity index (χ1n) is 5.51. The molecule has 18 heavy (non-hydrogen) atoms. The normalized spacial score (nSPS) is 18.2. The number of thiazole rings is 1. The highest BCUT2D eigenvalue weighted by Crippen LogP contribution is 2.33. The van der Waals surface area contributed by atoms with Gasteiger partial charge in [0.05, 0.1) is 12.7 Å². The van der Waals surface area contributed by atoms with Gasteiger partial charge in [-0.05, 0) is 19.5 Å². The Bertz CT molecular complexity index is 361. The van der Waals surface area contributed by atoms with Crippen molar-refractivity contribution in [1.29, 1.82) is 0 Å². The molecular weight excluding hydrogens is 287 g/mol. The highest BCUT2D eigenvalue weighted by molar-refractivity contribution is 7.11. The molecule has 0 unspecified atom stereocenters. The molecule has 0 radical (unpaired) electrons. The minimum absolute atomic E-state index is 0. The third-order valence-corrected chi connectivity index (χ3v) is 3.65. The summed E-state index contributed by atoms with van der Waals surface area (Å²) in [6, 6.07) is 0. The summed E-state index contributed by atoms with van der Waals surface area (Å²) in [6.07, 6.45) is -2.32. The van der Waals surface area contributed by atoms with Crippen LogP contribution in [0.3, 0.4) is 0 Å². The summed E-state index contributed by atoms with van der Waals surface area (Å²) in [5.41, 5.74) is 0. The molecule has 2 rings (SSSR count). The second kappa shape index (κ2) is 6.70. The lowest BCUT2D eigenvalue weighted by atomic mass is 10.4. The molecular formula is C10H15ClF3N3S. The molecule has 1 fully saturated rings. The Labute approximate surface area is 114 Å². The maximum Gasteiger partial charge on any atom is 0.427 e. The van der Waals surface area contributed by atoms with Crippen LogP contribution in [0.4, 0.5) is 13.2 Å². The molecule has 0 saturated carbocycles. The minimum Gasteiger partial charge on any atom is -0.315 e. The fraction of sp³-hybridized carbons (Fsp3) is 0.700. The van der Waals surface area contributed by atoms with E-state index in [4.69, 9.17) is 0 Å². The number of halogens is 4. The van der Waals surface area contributed by atoms with E-state index < -0.39 is 11.1 Å². The Hall–Kier alpha value is -0.370. The van der Waals surface area contributed by atoms with Crippen molar-refractivity contribution in [3.63, 3.8) is 0 Å². The van der Waals surface area contributed by atoms with E-state index in [0.717, 1.165) is 50.1 Å². The van der Waals surface area contributed by atoms with Gasteiger partial charge in [-0.25, -0.2) is 4.98 Å². The topological polar surface area (TPSA) is 28.2 Å². The van der Waals surface area contributed by atoms with Gasteiger partial charge in [0.25, 0.3) is 0 Å². The molecule has 0 aromatic carbocycles. The van der Waals surface area contributed by atoms with Gasteiger partial charge < -0.3 is 5.32 Å². The number of aromatic nitrogens is 1. The number of rotatable bonds is 2. The average molecular weight is 302 g/mol. The predicted octanol–water partition coefficient (Wildman–Crippen LogP) is 2.38. The molecule has 0 amide bonds. The van der Waals surface area contributed by atoms with E-state index in [0.29, 0.717) is 11.6 Å². The van der Waals surface area contributed by atoms with Crippen molar-refractivity contribution in [2.75, 3.05) is 26.2 Å². The Morgan fingerprint density at radius 2 is 2.11 bits per heavy atom. The zero-order chi connectivity index (χ0) is 12.3. The molecule has 2 heterocycles. The number of nitrogens with zero attached hydrogens (tertiary/aromatic N) is 2. The Morgan fingerprint density at radius 3 is 2.78 bits per heavy atom. The van der Waals surface area contributed by atoms with Crippen molar-refractivity contribution in [3.05, 3.63) is 16.1 Å². The quantitative estimate of drug-likeness (QED) is 0.909. The summed E-state index contributed by atoms with van der Waals surface area (Å²) in [6.45, 7) is 4.15. The molecule has 8 heteroatoms. The third kappa shape index (κ3) is 4.38. The van der Waals surface area contributed by atoms with E-state index in [1.807, 2.05) is 0 Å². The fourth-order valence-corrected chi connectivity index (χ4v) is 2.59. The Morgan fingerprint density at radius 1 is 1.33 bits per heavy atom. The highest BCUT2D eigenvalue weighted by atomic mass is 35.5. The summed E-state index contributed by atoms with van der Waals surface area (Å²) in [5.74, 6) is 0. The molecule has 104 valence electrons. The van der Waals surface area contributed by atoms with Gasteiger partial charge in [0, 0.05) is 13.1 Å². The molecule has 1 aromatic rings. The maximum atomic E-state index is 12.4. The number of hydrogen-bond acceptors (Lipinski definition) is 4. The SMILES string of the molecule is Cl.FC(F)(F)c1cnc(CN2CCCNCC2)s1. The molecule has 3 nitrogen and oxygen atoms in total. The summed E-state index contributed by atoms with van der Waals surface area (Å²) in [5, 5.41) is 3.79. The summed E-state index contributed by atoms with van der Waals surface area (Å²) in [7, 11) is 0. The van der Waals surface area contributed by atoms with Gasteiger partial charge in [-0.3, -0.25) is 4.90 Å². The highest BCUT2D eigenvalue weighted by Gasteiger charge is 2.33. The second-order valence-corrected chi connectivity index (χ2v) is 5.11. The summed E-state index contributed by atoms with van der Waals surface area (Å²) < 4.78 is 37.2. The van der Waals surface area contributed by atoms with Gasteiger partial charge in [0.1, 0.15) is 9.88 Å². The average Bonchev–Trinajstić information content (AvgIpc) is 2.56. The van der Waals surface area contributed by atoms with E-state index >= 15 is 0 Å². The van der Waals surface area contributed by atoms with Gasteiger partial charge in [-0.1, -0.05) is 0 Å². The van der Waals surface area contributed by atoms with Crippen molar-refractivity contribution in [1.82, 2.24) is 15.2 Å². The zero-order valence-electron chi connectivity index (χ0n) is 9.66. The summed E-state index contributed by atoms with van der Waals surface area (Å²) in [4.78, 5) is 5.37. The maximum absolute atomic E-state index is 12.4. The van der Waals surface area contributed by atoms with Gasteiger partial charge in [0.2, 0.25) is 0 Å². The smallest absolute Gasteiger partial charge is 0.315 e. The van der Waals surface area contributed by atoms with Crippen LogP contribution in [0.15, 0.2) is 6.20 Å². The van der Waals surface area contributed by atoms with E-state index in [-0.39, 0.29) is 12.4 Å². The van der Waals surface area contributed by atoms with E-state index in [2.05, 4.69) is 15.2 Å². The first kappa shape index (κ1) is 15.7. The zero-order valence-corrected chi connectivity index (χ0v) is 11.3. The molecule has 0 atom stereocenters. The van der Waals surface area contributed by atoms with Crippen molar-refractivity contribution < 1.29 is 13.2 Å². The number of hydrogen-bond donors (Lipinski definition) is 1. The molecule has 1 aliphatic rings. The van der Waals surface area contributed by atoms with Crippen LogP contribution in [-0.2, 0) is 12.7 Å². The van der Waals surface area contributed by atoms with Gasteiger partial charge in [-0.15, -0.1) is 23.7 Å². The molecule has 0 bridgehead atoms. The van der Waals surface area contributed by atoms with Crippen molar-refractivity contribution in [2.24, 2.45) is 0 Å². The predicted molar refractivity (Wildman–Crippen MR) is 67.1 cm³/mol. The number of nitrogens with one attached hydrogen (secondary N) is 1. The largest absolute Gasteiger partial charge is 0.427 e. The lowest BCUT2D eigenvalue weighted by Gasteiger charge is -2.17. The summed E-state index contributed by atoms with van der Waals surface area (Å²) >= 11 is 0.742. The Kier molecular flexibility index (Phi) is 5.84.